The van der Waals surface area contributed by atoms with Gasteiger partial charge in [0.05, 0.1) is 0 Å². The van der Waals surface area contributed by atoms with Crippen LogP contribution >= 0.6 is 11.1 Å². The molecule has 0 aliphatic heterocycles. The van der Waals surface area contributed by atoms with E-state index in [1.165, 1.54) is 0 Å². The molecule has 28 valence electrons. The third-order valence-corrected chi connectivity index (χ3v) is 2.79. The summed E-state index contributed by atoms with van der Waals surface area (Å²) in [5.41, 5.74) is 0. The van der Waals surface area contributed by atoms with Crippen molar-refractivity contribution in [2.75, 3.05) is 0 Å². The summed E-state index contributed by atoms with van der Waals surface area (Å²) < 4.78 is 0. The van der Waals surface area contributed by atoms with Crippen molar-refractivity contribution >= 4 is 28.5 Å². The molecule has 0 saturated heterocycles. The highest BCUT2D eigenvalue weighted by Crippen LogP contribution is 1.86. The molecule has 0 aliphatic rings. The summed E-state index contributed by atoms with van der Waals surface area (Å²) in [6.07, 6.45) is 0. The fourth-order valence-corrected chi connectivity index (χ4v) is 0. The first-order valence-electron chi connectivity index (χ1n) is 1.50. The van der Waals surface area contributed by atoms with E-state index in [1.54, 1.807) is 0 Å². The van der Waals surface area contributed by atoms with Gasteiger partial charge < -0.3 is 0 Å². The molecular formula is C2H5ClSi2. The maximum Gasteiger partial charge on any atom is 0.144 e. The van der Waals surface area contributed by atoms with E-state index in [1.807, 2.05) is 0 Å². The van der Waals surface area contributed by atoms with Gasteiger partial charge in [0, 0.05) is 9.76 Å². The predicted molar refractivity (Wildman–Crippen MR) is 27.8 cm³/mol. The van der Waals surface area contributed by atoms with Crippen molar-refractivity contribution in [3.8, 4) is 0 Å². The van der Waals surface area contributed by atoms with Gasteiger partial charge in [-0.1, -0.05) is 13.0 Å². The molecule has 0 bridgehead atoms. The lowest BCUT2D eigenvalue weighted by Gasteiger charge is -1.83. The van der Waals surface area contributed by atoms with Crippen molar-refractivity contribution in [3.05, 3.63) is 0 Å². The molecule has 0 amide bonds. The zero-order valence-corrected chi connectivity index (χ0v) is 5.84. The van der Waals surface area contributed by atoms with Crippen molar-refractivity contribution in [1.82, 2.24) is 0 Å². The molecular weight excluding hydrogens is 116 g/mol. The largest absolute Gasteiger partial charge is 0.174 e. The first-order chi connectivity index (χ1) is 2.27. The minimum Gasteiger partial charge on any atom is -0.174 e. The highest BCUT2D eigenvalue weighted by atomic mass is 35.6. The molecule has 0 N–H and O–H groups in total. The Kier molecular flexibility index (Phi) is 3.36. The fourth-order valence-electron chi connectivity index (χ4n) is 0. The van der Waals surface area contributed by atoms with E-state index < -0.39 is 7.62 Å². The van der Waals surface area contributed by atoms with E-state index in [2.05, 4.69) is 16.7 Å². The monoisotopic (exact) mass is 120 g/mol. The van der Waals surface area contributed by atoms with Crippen LogP contribution < -0.4 is 0 Å². The first-order valence-corrected chi connectivity index (χ1v) is 5.72. The smallest absolute Gasteiger partial charge is 0.144 e. The number of rotatable bonds is 1. The Morgan fingerprint density at radius 2 is 2.20 bits per heavy atom. The van der Waals surface area contributed by atoms with Crippen molar-refractivity contribution < 1.29 is 0 Å². The first kappa shape index (κ1) is 5.72. The summed E-state index contributed by atoms with van der Waals surface area (Å²) in [5.74, 6) is 0. The molecule has 0 saturated carbocycles. The zero-order valence-electron chi connectivity index (χ0n) is 3.09. The second kappa shape index (κ2) is 2.94. The normalized spacial score (nSPS) is 9.60. The third kappa shape index (κ3) is 4.72. The molecule has 0 nitrogen and oxygen atoms in total. The van der Waals surface area contributed by atoms with Crippen LogP contribution in [0.4, 0.5) is 0 Å². The standard InChI is InChI=1S/C2H5ClSi2/c1-2-5(3)4/h2H2,1H3. The molecule has 0 aromatic carbocycles. The lowest BCUT2D eigenvalue weighted by molar-refractivity contribution is 1.47. The predicted octanol–water partition coefficient (Wildman–Crippen LogP) is 0.902. The summed E-state index contributed by atoms with van der Waals surface area (Å²) in [7, 11) is 2.69. The molecule has 4 radical (unpaired) electrons. The van der Waals surface area contributed by atoms with Crippen molar-refractivity contribution in [3.63, 3.8) is 0 Å². The molecule has 0 spiro atoms. The Hall–Kier alpha value is 0.724. The SMILES string of the molecule is CC[Si]([Si])Cl. The van der Waals surface area contributed by atoms with Crippen LogP contribution in [0.15, 0.2) is 0 Å². The number of hydrogen-bond acceptors (Lipinski definition) is 0. The van der Waals surface area contributed by atoms with E-state index in [9.17, 15) is 0 Å². The van der Waals surface area contributed by atoms with Crippen LogP contribution in [0.25, 0.3) is 0 Å². The molecule has 0 heterocycles. The van der Waals surface area contributed by atoms with Gasteiger partial charge in [-0.15, -0.1) is 0 Å². The fraction of sp³-hybridized carbons (Fsp3) is 1.00. The Balaban J connectivity index is 2.54. The molecule has 3 heteroatoms. The summed E-state index contributed by atoms with van der Waals surface area (Å²) in [5, 5.41) is 0. The van der Waals surface area contributed by atoms with Crippen LogP contribution in [0.3, 0.4) is 0 Å². The van der Waals surface area contributed by atoms with E-state index in [-0.39, 0.29) is 0 Å². The zero-order chi connectivity index (χ0) is 4.28. The quantitative estimate of drug-likeness (QED) is 0.357. The highest BCUT2D eigenvalue weighted by Gasteiger charge is 1.88. The van der Waals surface area contributed by atoms with Gasteiger partial charge in [0.25, 0.3) is 0 Å². The maximum atomic E-state index is 5.48. The van der Waals surface area contributed by atoms with Crippen LogP contribution in [-0.4, -0.2) is 17.4 Å². The van der Waals surface area contributed by atoms with E-state index in [4.69, 9.17) is 11.1 Å². The Bertz CT molecular complexity index is 21.6. The Morgan fingerprint density at radius 3 is 2.20 bits per heavy atom. The van der Waals surface area contributed by atoms with Gasteiger partial charge in [-0.3, -0.25) is 0 Å². The number of halogens is 1. The van der Waals surface area contributed by atoms with E-state index >= 15 is 0 Å². The van der Waals surface area contributed by atoms with Crippen molar-refractivity contribution in [2.24, 2.45) is 0 Å². The summed E-state index contributed by atoms with van der Waals surface area (Å²) in [6, 6.07) is 1.09. The van der Waals surface area contributed by atoms with Crippen LogP contribution in [0.5, 0.6) is 0 Å². The average molecular weight is 121 g/mol. The van der Waals surface area contributed by atoms with Gasteiger partial charge in [-0.25, -0.2) is 0 Å². The van der Waals surface area contributed by atoms with Crippen molar-refractivity contribution in [2.45, 2.75) is 13.0 Å². The number of hydrogen-bond donors (Lipinski definition) is 0. The topological polar surface area (TPSA) is 0 Å². The van der Waals surface area contributed by atoms with Crippen LogP contribution in [-0.2, 0) is 0 Å². The minimum absolute atomic E-state index is 0.596. The third-order valence-electron chi connectivity index (χ3n) is 0.310. The molecule has 0 unspecified atom stereocenters. The summed E-state index contributed by atoms with van der Waals surface area (Å²) in [6.45, 7) is 2.06. The molecule has 5 heavy (non-hydrogen) atoms. The van der Waals surface area contributed by atoms with E-state index in [0.29, 0.717) is 0 Å². The Morgan fingerprint density at radius 1 is 2.00 bits per heavy atom. The van der Waals surface area contributed by atoms with E-state index in [0.717, 1.165) is 6.04 Å². The molecule has 0 aromatic rings. The summed E-state index contributed by atoms with van der Waals surface area (Å²) in [4.78, 5) is 0. The van der Waals surface area contributed by atoms with Crippen molar-refractivity contribution in [1.29, 1.82) is 0 Å². The van der Waals surface area contributed by atoms with Crippen LogP contribution in [0, 0.1) is 0 Å². The molecule has 0 rings (SSSR count). The van der Waals surface area contributed by atoms with Gasteiger partial charge in [0.15, 0.2) is 0 Å². The molecule has 0 atom stereocenters. The Labute approximate surface area is 42.0 Å². The lowest BCUT2D eigenvalue weighted by Crippen LogP contribution is -1.97. The van der Waals surface area contributed by atoms with Gasteiger partial charge >= 0.3 is 0 Å². The van der Waals surface area contributed by atoms with Crippen LogP contribution in [0.1, 0.15) is 6.92 Å². The second-order valence-electron chi connectivity index (χ2n) is 0.758. The highest BCUT2D eigenvalue weighted by molar-refractivity contribution is 7.31. The molecule has 0 fully saturated rings. The maximum absolute atomic E-state index is 5.48. The van der Waals surface area contributed by atoms with Gasteiger partial charge in [0.2, 0.25) is 0 Å². The molecule has 0 aromatic heterocycles. The average Bonchev–Trinajstić information content (AvgIpc) is 1.38. The van der Waals surface area contributed by atoms with Crippen LogP contribution in [0.2, 0.25) is 6.04 Å². The lowest BCUT2D eigenvalue weighted by atomic mass is 11.0. The van der Waals surface area contributed by atoms with Gasteiger partial charge in [-0.05, 0) is 0 Å². The van der Waals surface area contributed by atoms with Gasteiger partial charge in [-0.2, -0.15) is 11.1 Å². The second-order valence-corrected chi connectivity index (χ2v) is 6.41. The summed E-state index contributed by atoms with van der Waals surface area (Å²) >= 11 is 5.48. The van der Waals surface area contributed by atoms with Gasteiger partial charge in [0.1, 0.15) is 7.62 Å². The minimum atomic E-state index is -0.596. The molecule has 0 aliphatic carbocycles.